The Hall–Kier alpha value is -0.610. The second kappa shape index (κ2) is 6.79. The van der Waals surface area contributed by atoms with E-state index in [0.29, 0.717) is 0 Å². The van der Waals surface area contributed by atoms with E-state index in [1.807, 2.05) is 31.4 Å². The molecule has 0 radical (unpaired) electrons. The van der Waals surface area contributed by atoms with Gasteiger partial charge in [-0.2, -0.15) is 0 Å². The standard InChI is InChI=1S/C10H14N2S2/c1-9(11-2)6-8-13-14-10-5-3-4-7-12-10/h3-5,7,11H,1,6,8H2,2H3. The number of nitrogens with zero attached hydrogens (tertiary/aromatic N) is 1. The van der Waals surface area contributed by atoms with E-state index in [-0.39, 0.29) is 0 Å². The van der Waals surface area contributed by atoms with Gasteiger partial charge >= 0.3 is 0 Å². The Morgan fingerprint density at radius 3 is 3.07 bits per heavy atom. The van der Waals surface area contributed by atoms with Gasteiger partial charge in [-0.3, -0.25) is 0 Å². The molecule has 2 nitrogen and oxygen atoms in total. The Balaban J connectivity index is 2.13. The van der Waals surface area contributed by atoms with Crippen molar-refractivity contribution in [1.82, 2.24) is 10.3 Å². The highest BCUT2D eigenvalue weighted by atomic mass is 33.1. The van der Waals surface area contributed by atoms with Gasteiger partial charge in [0.25, 0.3) is 0 Å². The lowest BCUT2D eigenvalue weighted by Gasteiger charge is -2.03. The molecule has 1 heterocycles. The Morgan fingerprint density at radius 1 is 1.57 bits per heavy atom. The molecule has 0 bridgehead atoms. The van der Waals surface area contributed by atoms with Crippen molar-refractivity contribution in [2.75, 3.05) is 12.8 Å². The zero-order valence-electron chi connectivity index (χ0n) is 8.19. The van der Waals surface area contributed by atoms with Crippen molar-refractivity contribution >= 4 is 21.6 Å². The molecule has 1 N–H and O–H groups in total. The van der Waals surface area contributed by atoms with Gasteiger partial charge in [-0.25, -0.2) is 4.98 Å². The Bertz CT molecular complexity index is 275. The second-order valence-corrected chi connectivity index (χ2v) is 5.11. The fraction of sp³-hybridized carbons (Fsp3) is 0.300. The third-order valence-electron chi connectivity index (χ3n) is 1.62. The van der Waals surface area contributed by atoms with Crippen LogP contribution in [0.3, 0.4) is 0 Å². The van der Waals surface area contributed by atoms with Crippen LogP contribution in [0.2, 0.25) is 0 Å². The van der Waals surface area contributed by atoms with E-state index in [4.69, 9.17) is 0 Å². The summed E-state index contributed by atoms with van der Waals surface area (Å²) in [5.74, 6) is 1.06. The SMILES string of the molecule is C=C(CCSSc1ccccn1)NC. The molecule has 0 unspecified atom stereocenters. The van der Waals surface area contributed by atoms with Crippen LogP contribution in [0.1, 0.15) is 6.42 Å². The number of hydrogen-bond acceptors (Lipinski definition) is 4. The van der Waals surface area contributed by atoms with E-state index in [9.17, 15) is 0 Å². The minimum atomic E-state index is 1.00. The van der Waals surface area contributed by atoms with Crippen molar-refractivity contribution in [3.8, 4) is 0 Å². The van der Waals surface area contributed by atoms with E-state index < -0.39 is 0 Å². The Labute approximate surface area is 93.0 Å². The molecular weight excluding hydrogens is 212 g/mol. The first-order valence-electron chi connectivity index (χ1n) is 4.39. The number of hydrogen-bond donors (Lipinski definition) is 1. The molecule has 4 heteroatoms. The van der Waals surface area contributed by atoms with Gasteiger partial charge in [-0.1, -0.05) is 23.4 Å². The topological polar surface area (TPSA) is 24.9 Å². The van der Waals surface area contributed by atoms with Gasteiger partial charge in [0.1, 0.15) is 5.03 Å². The maximum Gasteiger partial charge on any atom is 0.106 e. The number of rotatable bonds is 6. The van der Waals surface area contributed by atoms with Crippen LogP contribution in [0.15, 0.2) is 41.7 Å². The van der Waals surface area contributed by atoms with Crippen molar-refractivity contribution in [2.24, 2.45) is 0 Å². The summed E-state index contributed by atoms with van der Waals surface area (Å²) in [6.45, 7) is 3.87. The highest BCUT2D eigenvalue weighted by Gasteiger charge is 1.95. The molecule has 0 aromatic carbocycles. The third kappa shape index (κ3) is 4.58. The smallest absolute Gasteiger partial charge is 0.106 e. The minimum absolute atomic E-state index is 1.00. The number of allylic oxidation sites excluding steroid dienone is 1. The molecule has 14 heavy (non-hydrogen) atoms. The van der Waals surface area contributed by atoms with Crippen LogP contribution in [-0.2, 0) is 0 Å². The van der Waals surface area contributed by atoms with Crippen LogP contribution in [-0.4, -0.2) is 17.8 Å². The van der Waals surface area contributed by atoms with E-state index in [1.165, 1.54) is 0 Å². The van der Waals surface area contributed by atoms with Crippen molar-refractivity contribution in [1.29, 1.82) is 0 Å². The molecule has 0 saturated carbocycles. The molecule has 0 atom stereocenters. The molecule has 0 amide bonds. The highest BCUT2D eigenvalue weighted by molar-refractivity contribution is 8.76. The lowest BCUT2D eigenvalue weighted by molar-refractivity contribution is 0.916. The van der Waals surface area contributed by atoms with E-state index >= 15 is 0 Å². The fourth-order valence-electron chi connectivity index (χ4n) is 0.788. The molecule has 1 aromatic heterocycles. The molecule has 0 aliphatic rings. The van der Waals surface area contributed by atoms with Gasteiger partial charge < -0.3 is 5.32 Å². The zero-order chi connectivity index (χ0) is 10.2. The first kappa shape index (κ1) is 11.5. The average Bonchev–Trinajstić information content (AvgIpc) is 2.25. The maximum absolute atomic E-state index is 4.22. The summed E-state index contributed by atoms with van der Waals surface area (Å²) in [4.78, 5) is 4.22. The predicted octanol–water partition coefficient (Wildman–Crippen LogP) is 2.95. The van der Waals surface area contributed by atoms with E-state index in [0.717, 1.165) is 22.9 Å². The number of aromatic nitrogens is 1. The average molecular weight is 226 g/mol. The summed E-state index contributed by atoms with van der Waals surface area (Å²) in [6.07, 6.45) is 2.82. The van der Waals surface area contributed by atoms with Crippen LogP contribution in [0, 0.1) is 0 Å². The molecule has 76 valence electrons. The Kier molecular flexibility index (Phi) is 5.56. The van der Waals surface area contributed by atoms with Crippen molar-refractivity contribution in [2.45, 2.75) is 11.4 Å². The quantitative estimate of drug-likeness (QED) is 0.595. The Morgan fingerprint density at radius 2 is 2.43 bits per heavy atom. The molecule has 0 aliphatic carbocycles. The molecule has 0 fully saturated rings. The van der Waals surface area contributed by atoms with Crippen LogP contribution < -0.4 is 5.32 Å². The first-order chi connectivity index (χ1) is 6.83. The van der Waals surface area contributed by atoms with Gasteiger partial charge in [0.2, 0.25) is 0 Å². The molecule has 0 aliphatic heterocycles. The van der Waals surface area contributed by atoms with Crippen molar-refractivity contribution < 1.29 is 0 Å². The molecular formula is C10H14N2S2. The molecule has 1 rings (SSSR count). The van der Waals surface area contributed by atoms with Crippen LogP contribution in [0.5, 0.6) is 0 Å². The van der Waals surface area contributed by atoms with Gasteiger partial charge in [0, 0.05) is 24.7 Å². The summed E-state index contributed by atoms with van der Waals surface area (Å²) in [5, 5.41) is 4.09. The summed E-state index contributed by atoms with van der Waals surface area (Å²) >= 11 is 0. The third-order valence-corrected chi connectivity index (χ3v) is 3.89. The van der Waals surface area contributed by atoms with Crippen LogP contribution in [0.25, 0.3) is 0 Å². The highest BCUT2D eigenvalue weighted by Crippen LogP contribution is 2.29. The summed E-state index contributed by atoms with van der Waals surface area (Å²) in [6, 6.07) is 5.95. The summed E-state index contributed by atoms with van der Waals surface area (Å²) in [5.41, 5.74) is 1.08. The van der Waals surface area contributed by atoms with Gasteiger partial charge in [-0.15, -0.1) is 0 Å². The van der Waals surface area contributed by atoms with E-state index in [2.05, 4.69) is 16.9 Å². The van der Waals surface area contributed by atoms with E-state index in [1.54, 1.807) is 21.6 Å². The van der Waals surface area contributed by atoms with Gasteiger partial charge in [0.15, 0.2) is 0 Å². The van der Waals surface area contributed by atoms with Crippen LogP contribution in [0.4, 0.5) is 0 Å². The minimum Gasteiger partial charge on any atom is -0.392 e. The summed E-state index contributed by atoms with van der Waals surface area (Å²) < 4.78 is 0. The second-order valence-electron chi connectivity index (χ2n) is 2.68. The zero-order valence-corrected chi connectivity index (χ0v) is 9.83. The maximum atomic E-state index is 4.22. The number of pyridine rings is 1. The lowest BCUT2D eigenvalue weighted by Crippen LogP contribution is -2.04. The normalized spacial score (nSPS) is 9.79. The van der Waals surface area contributed by atoms with Crippen molar-refractivity contribution in [3.63, 3.8) is 0 Å². The monoisotopic (exact) mass is 226 g/mol. The fourth-order valence-corrected chi connectivity index (χ4v) is 2.72. The first-order valence-corrected chi connectivity index (χ1v) is 6.71. The molecule has 0 spiro atoms. The summed E-state index contributed by atoms with van der Waals surface area (Å²) in [7, 11) is 5.41. The molecule has 0 saturated heterocycles. The lowest BCUT2D eigenvalue weighted by atomic mass is 10.4. The van der Waals surface area contributed by atoms with Gasteiger partial charge in [0.05, 0.1) is 0 Å². The number of nitrogens with one attached hydrogen (secondary N) is 1. The van der Waals surface area contributed by atoms with Crippen LogP contribution >= 0.6 is 21.6 Å². The largest absolute Gasteiger partial charge is 0.392 e. The molecule has 1 aromatic rings. The van der Waals surface area contributed by atoms with Crippen molar-refractivity contribution in [3.05, 3.63) is 36.7 Å². The predicted molar refractivity (Wildman–Crippen MR) is 65.4 cm³/mol. The van der Waals surface area contributed by atoms with Gasteiger partial charge in [-0.05, 0) is 29.3 Å².